The van der Waals surface area contributed by atoms with Crippen molar-refractivity contribution < 1.29 is 14.0 Å². The van der Waals surface area contributed by atoms with Gasteiger partial charge in [0.1, 0.15) is 5.76 Å². The fraction of sp³-hybridized carbons (Fsp3) is 0.250. The molecule has 0 fully saturated rings. The van der Waals surface area contributed by atoms with Crippen molar-refractivity contribution in [1.82, 2.24) is 0 Å². The third-order valence-electron chi connectivity index (χ3n) is 3.61. The van der Waals surface area contributed by atoms with Gasteiger partial charge >= 0.3 is 0 Å². The summed E-state index contributed by atoms with van der Waals surface area (Å²) in [7, 11) is 0. The number of hydrogen-bond acceptors (Lipinski definition) is 3. The van der Waals surface area contributed by atoms with Gasteiger partial charge in [0.25, 0.3) is 0 Å². The molecule has 4 nitrogen and oxygen atoms in total. The third kappa shape index (κ3) is 2.13. The second-order valence-electron chi connectivity index (χ2n) is 4.94. The largest absolute Gasteiger partial charge is 0.453 e. The molecule has 0 N–H and O–H groups in total. The molecule has 0 saturated heterocycles. The number of fused-ring (bicyclic) bond motifs is 1. The summed E-state index contributed by atoms with van der Waals surface area (Å²) < 4.78 is 5.43. The number of carbonyl (C=O) groups is 2. The molecule has 3 rings (SSSR count). The van der Waals surface area contributed by atoms with Crippen LogP contribution in [0.3, 0.4) is 0 Å². The lowest BCUT2D eigenvalue weighted by atomic mass is 9.99. The number of benzene rings is 1. The summed E-state index contributed by atoms with van der Waals surface area (Å²) in [5, 5.41) is 0. The van der Waals surface area contributed by atoms with E-state index in [1.165, 1.54) is 5.56 Å². The standard InChI is InChI=1S/C16H15NO3/c1-11(19)17-8-2-3-12-4-5-13(9-15(12)17)16-7-6-14(10-18)20-16/h4-7,9-10H,2-3,8H2,1H3. The predicted molar refractivity (Wildman–Crippen MR) is 75.9 cm³/mol. The molecule has 0 atom stereocenters. The Balaban J connectivity index is 2.04. The lowest BCUT2D eigenvalue weighted by Crippen LogP contribution is -2.33. The van der Waals surface area contributed by atoms with E-state index in [1.54, 1.807) is 24.0 Å². The molecule has 1 aliphatic heterocycles. The molecule has 0 bridgehead atoms. The topological polar surface area (TPSA) is 50.5 Å². The van der Waals surface area contributed by atoms with Crippen LogP contribution >= 0.6 is 0 Å². The van der Waals surface area contributed by atoms with Crippen molar-refractivity contribution in [2.24, 2.45) is 0 Å². The number of carbonyl (C=O) groups excluding carboxylic acids is 2. The van der Waals surface area contributed by atoms with Gasteiger partial charge in [0.05, 0.1) is 0 Å². The molecule has 0 saturated carbocycles. The van der Waals surface area contributed by atoms with E-state index in [1.807, 2.05) is 18.2 Å². The lowest BCUT2D eigenvalue weighted by molar-refractivity contribution is -0.116. The quantitative estimate of drug-likeness (QED) is 0.787. The van der Waals surface area contributed by atoms with Crippen molar-refractivity contribution in [1.29, 1.82) is 0 Å². The first-order valence-corrected chi connectivity index (χ1v) is 6.65. The molecule has 0 spiro atoms. The summed E-state index contributed by atoms with van der Waals surface area (Å²) in [6.45, 7) is 2.34. The van der Waals surface area contributed by atoms with Crippen LogP contribution in [0.15, 0.2) is 34.7 Å². The summed E-state index contributed by atoms with van der Waals surface area (Å²) in [5.74, 6) is 1.00. The Kier molecular flexibility index (Phi) is 3.14. The molecular weight excluding hydrogens is 254 g/mol. The molecule has 20 heavy (non-hydrogen) atoms. The molecule has 4 heteroatoms. The van der Waals surface area contributed by atoms with Crippen LogP contribution in [0, 0.1) is 0 Å². The smallest absolute Gasteiger partial charge is 0.223 e. The van der Waals surface area contributed by atoms with E-state index in [4.69, 9.17) is 4.42 Å². The van der Waals surface area contributed by atoms with E-state index in [0.717, 1.165) is 30.6 Å². The summed E-state index contributed by atoms with van der Waals surface area (Å²) in [5.41, 5.74) is 3.01. The van der Waals surface area contributed by atoms with Gasteiger partial charge < -0.3 is 9.32 Å². The van der Waals surface area contributed by atoms with Gasteiger partial charge in [0, 0.05) is 24.7 Å². The molecule has 0 aliphatic carbocycles. The van der Waals surface area contributed by atoms with E-state index in [0.29, 0.717) is 17.8 Å². The SMILES string of the molecule is CC(=O)N1CCCc2ccc(-c3ccc(C=O)o3)cc21. The highest BCUT2D eigenvalue weighted by molar-refractivity contribution is 5.93. The van der Waals surface area contributed by atoms with E-state index in [2.05, 4.69) is 0 Å². The number of hydrogen-bond donors (Lipinski definition) is 0. The number of nitrogens with zero attached hydrogens (tertiary/aromatic N) is 1. The second kappa shape index (κ2) is 4.96. The molecule has 1 aliphatic rings. The maximum absolute atomic E-state index is 11.7. The zero-order valence-electron chi connectivity index (χ0n) is 11.3. The summed E-state index contributed by atoms with van der Waals surface area (Å²) >= 11 is 0. The summed E-state index contributed by atoms with van der Waals surface area (Å²) in [4.78, 5) is 24.2. The highest BCUT2D eigenvalue weighted by Gasteiger charge is 2.20. The van der Waals surface area contributed by atoms with Gasteiger partial charge in [0.2, 0.25) is 5.91 Å². The monoisotopic (exact) mass is 269 g/mol. The van der Waals surface area contributed by atoms with Crippen LogP contribution in [0.5, 0.6) is 0 Å². The van der Waals surface area contributed by atoms with E-state index in [9.17, 15) is 9.59 Å². The van der Waals surface area contributed by atoms with Crippen LogP contribution in [0.2, 0.25) is 0 Å². The second-order valence-corrected chi connectivity index (χ2v) is 4.94. The fourth-order valence-electron chi connectivity index (χ4n) is 2.63. The first-order valence-electron chi connectivity index (χ1n) is 6.65. The Labute approximate surface area is 117 Å². The zero-order chi connectivity index (χ0) is 14.1. The van der Waals surface area contributed by atoms with Crippen LogP contribution in [-0.2, 0) is 11.2 Å². The highest BCUT2D eigenvalue weighted by atomic mass is 16.3. The van der Waals surface area contributed by atoms with Crippen molar-refractivity contribution in [3.63, 3.8) is 0 Å². The van der Waals surface area contributed by atoms with Crippen molar-refractivity contribution >= 4 is 17.9 Å². The average Bonchev–Trinajstić information content (AvgIpc) is 2.94. The van der Waals surface area contributed by atoms with Crippen molar-refractivity contribution in [3.8, 4) is 11.3 Å². The Morgan fingerprint density at radius 3 is 2.85 bits per heavy atom. The average molecular weight is 269 g/mol. The van der Waals surface area contributed by atoms with Gasteiger partial charge in [-0.15, -0.1) is 0 Å². The lowest BCUT2D eigenvalue weighted by Gasteiger charge is -2.28. The van der Waals surface area contributed by atoms with Crippen LogP contribution in [0.4, 0.5) is 5.69 Å². The number of furan rings is 1. The van der Waals surface area contributed by atoms with Crippen LogP contribution in [0.1, 0.15) is 29.5 Å². The molecule has 2 heterocycles. The first-order chi connectivity index (χ1) is 9.69. The minimum atomic E-state index is 0.0520. The molecule has 0 radical (unpaired) electrons. The molecule has 0 unspecified atom stereocenters. The van der Waals surface area contributed by atoms with Gasteiger partial charge in [-0.25, -0.2) is 0 Å². The van der Waals surface area contributed by atoms with Gasteiger partial charge in [0.15, 0.2) is 12.0 Å². The molecule has 1 aromatic carbocycles. The predicted octanol–water partition coefficient (Wildman–Crippen LogP) is 3.06. The maximum Gasteiger partial charge on any atom is 0.223 e. The Morgan fingerprint density at radius 1 is 1.30 bits per heavy atom. The molecular formula is C16H15NO3. The maximum atomic E-state index is 11.7. The molecule has 1 aromatic heterocycles. The number of amides is 1. The van der Waals surface area contributed by atoms with Gasteiger partial charge in [-0.2, -0.15) is 0 Å². The highest BCUT2D eigenvalue weighted by Crippen LogP contribution is 2.32. The van der Waals surface area contributed by atoms with Crippen LogP contribution in [-0.4, -0.2) is 18.7 Å². The number of aldehydes is 1. The van der Waals surface area contributed by atoms with Crippen LogP contribution in [0.25, 0.3) is 11.3 Å². The van der Waals surface area contributed by atoms with E-state index >= 15 is 0 Å². The van der Waals surface area contributed by atoms with Crippen LogP contribution < -0.4 is 4.90 Å². The van der Waals surface area contributed by atoms with Crippen molar-refractivity contribution in [3.05, 3.63) is 41.7 Å². The van der Waals surface area contributed by atoms with Gasteiger partial charge in [-0.05, 0) is 36.6 Å². The number of anilines is 1. The fourth-order valence-corrected chi connectivity index (χ4v) is 2.63. The van der Waals surface area contributed by atoms with E-state index in [-0.39, 0.29) is 5.91 Å². The number of aryl methyl sites for hydroxylation is 1. The molecule has 102 valence electrons. The normalized spacial score (nSPS) is 13.9. The minimum Gasteiger partial charge on any atom is -0.453 e. The Hall–Kier alpha value is -2.36. The zero-order valence-corrected chi connectivity index (χ0v) is 11.3. The van der Waals surface area contributed by atoms with Gasteiger partial charge in [-0.1, -0.05) is 12.1 Å². The van der Waals surface area contributed by atoms with Crippen molar-refractivity contribution in [2.75, 3.05) is 11.4 Å². The number of rotatable bonds is 2. The summed E-state index contributed by atoms with van der Waals surface area (Å²) in [6.07, 6.45) is 2.66. The van der Waals surface area contributed by atoms with E-state index < -0.39 is 0 Å². The first kappa shape index (κ1) is 12.7. The van der Waals surface area contributed by atoms with Gasteiger partial charge in [-0.3, -0.25) is 9.59 Å². The van der Waals surface area contributed by atoms with Crippen molar-refractivity contribution in [2.45, 2.75) is 19.8 Å². The third-order valence-corrected chi connectivity index (χ3v) is 3.61. The summed E-state index contributed by atoms with van der Waals surface area (Å²) in [6, 6.07) is 9.37. The molecule has 1 amide bonds. The Bertz CT molecular complexity index is 672. The minimum absolute atomic E-state index is 0.0520. The molecule has 2 aromatic rings. The Morgan fingerprint density at radius 2 is 2.15 bits per heavy atom.